The van der Waals surface area contributed by atoms with Gasteiger partial charge in [0, 0.05) is 19.6 Å². The minimum Gasteiger partial charge on any atom is -0.465 e. The van der Waals surface area contributed by atoms with Crippen LogP contribution in [-0.2, 0) is 9.53 Å². The number of nitrogens with zero attached hydrogens (tertiary/aromatic N) is 1. The van der Waals surface area contributed by atoms with Crippen LogP contribution in [0.1, 0.15) is 41.0 Å². The van der Waals surface area contributed by atoms with E-state index in [0.717, 1.165) is 44.4 Å². The number of esters is 1. The molecule has 112 valence electrons. The van der Waals surface area contributed by atoms with Crippen LogP contribution in [0, 0.1) is 11.8 Å². The van der Waals surface area contributed by atoms with Gasteiger partial charge in [-0.2, -0.15) is 0 Å². The number of rotatable bonds is 7. The van der Waals surface area contributed by atoms with Crippen molar-refractivity contribution >= 4 is 5.97 Å². The fourth-order valence-electron chi connectivity index (χ4n) is 2.76. The molecule has 0 spiro atoms. The van der Waals surface area contributed by atoms with Crippen LogP contribution in [0.3, 0.4) is 0 Å². The van der Waals surface area contributed by atoms with E-state index >= 15 is 0 Å². The lowest BCUT2D eigenvalue weighted by Crippen LogP contribution is -2.52. The number of nitrogens with one attached hydrogen (secondary N) is 1. The lowest BCUT2D eigenvalue weighted by molar-refractivity contribution is -0.151. The van der Waals surface area contributed by atoms with E-state index in [2.05, 4.69) is 24.1 Å². The van der Waals surface area contributed by atoms with Crippen molar-refractivity contribution in [2.75, 3.05) is 32.8 Å². The summed E-state index contributed by atoms with van der Waals surface area (Å²) in [5, 5.41) is 3.29. The first-order chi connectivity index (χ1) is 8.92. The largest absolute Gasteiger partial charge is 0.465 e. The second-order valence-corrected chi connectivity index (χ2v) is 6.05. The van der Waals surface area contributed by atoms with Crippen LogP contribution in [0.4, 0.5) is 0 Å². The maximum absolute atomic E-state index is 12.1. The molecular weight excluding hydrogens is 240 g/mol. The zero-order valence-electron chi connectivity index (χ0n) is 13.2. The number of likely N-dealkylation sites (tertiary alicyclic amines) is 1. The SMILES string of the molecule is CCNC(C)(CCN1CC(C)C(C)C1)C(=O)OCC. The summed E-state index contributed by atoms with van der Waals surface area (Å²) in [6, 6.07) is 0. The van der Waals surface area contributed by atoms with Crippen molar-refractivity contribution in [2.24, 2.45) is 11.8 Å². The van der Waals surface area contributed by atoms with Crippen LogP contribution in [0.5, 0.6) is 0 Å². The predicted molar refractivity (Wildman–Crippen MR) is 78.1 cm³/mol. The highest BCUT2D eigenvalue weighted by atomic mass is 16.5. The van der Waals surface area contributed by atoms with E-state index in [4.69, 9.17) is 4.74 Å². The van der Waals surface area contributed by atoms with E-state index in [9.17, 15) is 4.79 Å². The van der Waals surface area contributed by atoms with E-state index in [1.54, 1.807) is 0 Å². The van der Waals surface area contributed by atoms with E-state index in [1.165, 1.54) is 0 Å². The minimum absolute atomic E-state index is 0.128. The topological polar surface area (TPSA) is 41.6 Å². The van der Waals surface area contributed by atoms with Gasteiger partial charge in [0.25, 0.3) is 0 Å². The zero-order chi connectivity index (χ0) is 14.5. The molecule has 0 radical (unpaired) electrons. The third kappa shape index (κ3) is 4.46. The summed E-state index contributed by atoms with van der Waals surface area (Å²) in [5.41, 5.74) is -0.556. The van der Waals surface area contributed by atoms with Crippen LogP contribution in [-0.4, -0.2) is 49.2 Å². The Bertz CT molecular complexity index is 286. The summed E-state index contributed by atoms with van der Waals surface area (Å²) in [5.74, 6) is 1.39. The number of ether oxygens (including phenoxy) is 1. The third-order valence-electron chi connectivity index (χ3n) is 4.28. The molecule has 3 unspecified atom stereocenters. The van der Waals surface area contributed by atoms with Crippen molar-refractivity contribution in [1.82, 2.24) is 10.2 Å². The smallest absolute Gasteiger partial charge is 0.326 e. The quantitative estimate of drug-likeness (QED) is 0.717. The van der Waals surface area contributed by atoms with Crippen molar-refractivity contribution in [3.05, 3.63) is 0 Å². The Morgan fingerprint density at radius 3 is 2.37 bits per heavy atom. The molecule has 0 aromatic carbocycles. The molecule has 0 aliphatic carbocycles. The Balaban J connectivity index is 2.52. The Kier molecular flexibility index (Phi) is 6.27. The lowest BCUT2D eigenvalue weighted by Gasteiger charge is -2.30. The summed E-state index contributed by atoms with van der Waals surface area (Å²) in [7, 11) is 0. The zero-order valence-corrected chi connectivity index (χ0v) is 13.2. The van der Waals surface area contributed by atoms with Crippen LogP contribution in [0.2, 0.25) is 0 Å². The molecule has 0 amide bonds. The molecule has 0 aromatic rings. The molecule has 1 saturated heterocycles. The highest BCUT2D eigenvalue weighted by molar-refractivity contribution is 5.80. The number of hydrogen-bond acceptors (Lipinski definition) is 4. The summed E-state index contributed by atoms with van der Waals surface area (Å²) in [6.07, 6.45) is 0.805. The first kappa shape index (κ1) is 16.4. The second kappa shape index (κ2) is 7.25. The Hall–Kier alpha value is -0.610. The van der Waals surface area contributed by atoms with E-state index in [-0.39, 0.29) is 5.97 Å². The molecule has 1 aliphatic rings. The molecule has 0 bridgehead atoms. The molecule has 4 nitrogen and oxygen atoms in total. The fraction of sp³-hybridized carbons (Fsp3) is 0.933. The summed E-state index contributed by atoms with van der Waals surface area (Å²) in [6.45, 7) is 14.9. The first-order valence-electron chi connectivity index (χ1n) is 7.57. The molecule has 4 heteroatoms. The molecule has 1 fully saturated rings. The Morgan fingerprint density at radius 1 is 1.32 bits per heavy atom. The maximum Gasteiger partial charge on any atom is 0.326 e. The Morgan fingerprint density at radius 2 is 1.89 bits per heavy atom. The van der Waals surface area contributed by atoms with Gasteiger partial charge in [0.1, 0.15) is 5.54 Å². The number of hydrogen-bond donors (Lipinski definition) is 1. The summed E-state index contributed by atoms with van der Waals surface area (Å²) in [4.78, 5) is 14.5. The third-order valence-corrected chi connectivity index (χ3v) is 4.28. The van der Waals surface area contributed by atoms with E-state index < -0.39 is 5.54 Å². The van der Waals surface area contributed by atoms with Gasteiger partial charge in [0.05, 0.1) is 6.61 Å². The molecule has 1 aliphatic heterocycles. The van der Waals surface area contributed by atoms with Crippen molar-refractivity contribution in [2.45, 2.75) is 46.6 Å². The van der Waals surface area contributed by atoms with Crippen molar-refractivity contribution in [1.29, 1.82) is 0 Å². The fourth-order valence-corrected chi connectivity index (χ4v) is 2.76. The van der Waals surface area contributed by atoms with Crippen LogP contribution >= 0.6 is 0 Å². The summed E-state index contributed by atoms with van der Waals surface area (Å²) < 4.78 is 5.20. The lowest BCUT2D eigenvalue weighted by atomic mass is 9.97. The van der Waals surface area contributed by atoms with E-state index in [1.807, 2.05) is 20.8 Å². The van der Waals surface area contributed by atoms with Crippen molar-refractivity contribution in [3.63, 3.8) is 0 Å². The molecule has 0 saturated carbocycles. The number of likely N-dealkylation sites (N-methyl/N-ethyl adjacent to an activating group) is 1. The van der Waals surface area contributed by atoms with Gasteiger partial charge in [-0.3, -0.25) is 4.79 Å². The first-order valence-corrected chi connectivity index (χ1v) is 7.57. The maximum atomic E-state index is 12.1. The molecule has 1 heterocycles. The van der Waals surface area contributed by atoms with E-state index in [0.29, 0.717) is 6.61 Å². The standard InChI is InChI=1S/C15H30N2O2/c1-6-16-15(5,14(18)19-7-2)8-9-17-10-12(3)13(4)11-17/h12-13,16H,6-11H2,1-5H3. The van der Waals surface area contributed by atoms with Crippen molar-refractivity contribution < 1.29 is 9.53 Å². The molecule has 0 aromatic heterocycles. The van der Waals surface area contributed by atoms with Crippen LogP contribution < -0.4 is 5.32 Å². The van der Waals surface area contributed by atoms with Gasteiger partial charge in [0.2, 0.25) is 0 Å². The molecule has 19 heavy (non-hydrogen) atoms. The van der Waals surface area contributed by atoms with Gasteiger partial charge in [-0.15, -0.1) is 0 Å². The highest BCUT2D eigenvalue weighted by Crippen LogP contribution is 2.23. The molecule has 1 rings (SSSR count). The average Bonchev–Trinajstić information content (AvgIpc) is 2.67. The minimum atomic E-state index is -0.556. The predicted octanol–water partition coefficient (Wildman–Crippen LogP) is 1.90. The molecule has 3 atom stereocenters. The van der Waals surface area contributed by atoms with Crippen LogP contribution in [0.15, 0.2) is 0 Å². The molecular formula is C15H30N2O2. The Labute approximate surface area is 117 Å². The number of carbonyl (C=O) groups excluding carboxylic acids is 1. The summed E-state index contributed by atoms with van der Waals surface area (Å²) >= 11 is 0. The monoisotopic (exact) mass is 270 g/mol. The van der Waals surface area contributed by atoms with Gasteiger partial charge >= 0.3 is 5.97 Å². The number of carbonyl (C=O) groups is 1. The van der Waals surface area contributed by atoms with Gasteiger partial charge in [-0.25, -0.2) is 0 Å². The second-order valence-electron chi connectivity index (χ2n) is 6.05. The average molecular weight is 270 g/mol. The van der Waals surface area contributed by atoms with Gasteiger partial charge in [0.15, 0.2) is 0 Å². The normalized spacial score (nSPS) is 27.2. The molecule has 1 N–H and O–H groups in total. The van der Waals surface area contributed by atoms with Gasteiger partial charge in [-0.05, 0) is 38.6 Å². The van der Waals surface area contributed by atoms with Gasteiger partial charge in [-0.1, -0.05) is 20.8 Å². The van der Waals surface area contributed by atoms with Crippen molar-refractivity contribution in [3.8, 4) is 0 Å². The van der Waals surface area contributed by atoms with Gasteiger partial charge < -0.3 is 15.0 Å². The van der Waals surface area contributed by atoms with Crippen LogP contribution in [0.25, 0.3) is 0 Å². The highest BCUT2D eigenvalue weighted by Gasteiger charge is 2.35.